The Labute approximate surface area is 121 Å². The first-order chi connectivity index (χ1) is 9.45. The van der Waals surface area contributed by atoms with Gasteiger partial charge in [-0.1, -0.05) is 25.8 Å². The van der Waals surface area contributed by atoms with Crippen LogP contribution in [0.4, 0.5) is 5.69 Å². The molecule has 20 heavy (non-hydrogen) atoms. The largest absolute Gasteiger partial charge is 0.492 e. The van der Waals surface area contributed by atoms with E-state index in [-0.39, 0.29) is 12.4 Å². The molecule has 0 heterocycles. The molecule has 5 nitrogen and oxygen atoms in total. The van der Waals surface area contributed by atoms with Gasteiger partial charge in [0, 0.05) is 25.3 Å². The van der Waals surface area contributed by atoms with Gasteiger partial charge in [-0.15, -0.1) is 0 Å². The van der Waals surface area contributed by atoms with Crippen LogP contribution in [0.1, 0.15) is 26.2 Å². The van der Waals surface area contributed by atoms with Crippen LogP contribution in [0.15, 0.2) is 24.3 Å². The highest BCUT2D eigenvalue weighted by atomic mass is 32.2. The number of sulfonamides is 1. The number of rotatable bonds is 9. The zero-order valence-electron chi connectivity index (χ0n) is 12.2. The summed E-state index contributed by atoms with van der Waals surface area (Å²) in [6.45, 7) is 2.78. The highest BCUT2D eigenvalue weighted by Crippen LogP contribution is 2.14. The maximum Gasteiger partial charge on any atom is 0.217 e. The third-order valence-electron chi connectivity index (χ3n) is 3.02. The molecule has 0 saturated carbocycles. The van der Waals surface area contributed by atoms with Crippen molar-refractivity contribution in [3.63, 3.8) is 0 Å². The quantitative estimate of drug-likeness (QED) is 0.560. The lowest BCUT2D eigenvalue weighted by Crippen LogP contribution is -2.32. The van der Waals surface area contributed by atoms with Gasteiger partial charge in [-0.3, -0.25) is 0 Å². The lowest BCUT2D eigenvalue weighted by atomic mass is 10.2. The monoisotopic (exact) mass is 300 g/mol. The van der Waals surface area contributed by atoms with Crippen molar-refractivity contribution in [3.8, 4) is 5.75 Å². The summed E-state index contributed by atoms with van der Waals surface area (Å²) in [5.74, 6) is 0.568. The molecule has 0 aliphatic carbocycles. The topological polar surface area (TPSA) is 72.6 Å². The van der Waals surface area contributed by atoms with Gasteiger partial charge < -0.3 is 10.5 Å². The Bertz CT molecular complexity index is 503. The normalized spacial score (nSPS) is 11.8. The number of anilines is 1. The summed E-state index contributed by atoms with van der Waals surface area (Å²) in [5.41, 5.74) is 6.23. The predicted molar refractivity (Wildman–Crippen MR) is 82.3 cm³/mol. The van der Waals surface area contributed by atoms with Gasteiger partial charge in [-0.2, -0.15) is 0 Å². The first-order valence-corrected chi connectivity index (χ1v) is 8.49. The van der Waals surface area contributed by atoms with Crippen LogP contribution in [0.2, 0.25) is 0 Å². The minimum absolute atomic E-state index is 0.0234. The maximum absolute atomic E-state index is 12.0. The molecule has 0 aliphatic rings. The fourth-order valence-electron chi connectivity index (χ4n) is 1.75. The fraction of sp³-hybridized carbons (Fsp3) is 0.571. The average Bonchev–Trinajstić information content (AvgIpc) is 2.38. The van der Waals surface area contributed by atoms with Gasteiger partial charge in [0.05, 0.1) is 5.75 Å². The Morgan fingerprint density at radius 3 is 2.70 bits per heavy atom. The van der Waals surface area contributed by atoms with Crippen molar-refractivity contribution in [1.82, 2.24) is 4.31 Å². The fourth-order valence-corrected chi connectivity index (χ4v) is 2.76. The van der Waals surface area contributed by atoms with Gasteiger partial charge in [0.25, 0.3) is 0 Å². The molecule has 6 heteroatoms. The summed E-state index contributed by atoms with van der Waals surface area (Å²) in [5, 5.41) is 0. The first-order valence-electron chi connectivity index (χ1n) is 6.88. The maximum atomic E-state index is 12.0. The van der Waals surface area contributed by atoms with Crippen molar-refractivity contribution in [3.05, 3.63) is 24.3 Å². The van der Waals surface area contributed by atoms with Crippen LogP contribution in [0.3, 0.4) is 0 Å². The van der Waals surface area contributed by atoms with Crippen molar-refractivity contribution >= 4 is 15.7 Å². The van der Waals surface area contributed by atoms with Crippen molar-refractivity contribution in [2.24, 2.45) is 0 Å². The third-order valence-corrected chi connectivity index (χ3v) is 4.83. The van der Waals surface area contributed by atoms with Crippen molar-refractivity contribution in [2.75, 3.05) is 31.7 Å². The Morgan fingerprint density at radius 1 is 1.30 bits per heavy atom. The first kappa shape index (κ1) is 16.8. The van der Waals surface area contributed by atoms with Crippen LogP contribution in [0.25, 0.3) is 0 Å². The molecule has 0 aromatic heterocycles. The molecular weight excluding hydrogens is 276 g/mol. The minimum Gasteiger partial charge on any atom is -0.492 e. The molecule has 0 amide bonds. The second-order valence-corrected chi connectivity index (χ2v) is 6.96. The summed E-state index contributed by atoms with van der Waals surface area (Å²) < 4.78 is 30.8. The second kappa shape index (κ2) is 8.11. The molecule has 1 rings (SSSR count). The van der Waals surface area contributed by atoms with E-state index >= 15 is 0 Å². The van der Waals surface area contributed by atoms with Crippen molar-refractivity contribution < 1.29 is 13.2 Å². The number of unbranched alkanes of at least 4 members (excludes halogenated alkanes) is 2. The van der Waals surface area contributed by atoms with Crippen LogP contribution in [0, 0.1) is 0 Å². The molecule has 0 fully saturated rings. The number of ether oxygens (including phenoxy) is 1. The second-order valence-electron chi connectivity index (χ2n) is 4.77. The van der Waals surface area contributed by atoms with Crippen molar-refractivity contribution in [1.29, 1.82) is 0 Å². The van der Waals surface area contributed by atoms with Gasteiger partial charge in [0.15, 0.2) is 0 Å². The summed E-state index contributed by atoms with van der Waals surface area (Å²) in [6, 6.07) is 6.96. The predicted octanol–water partition coefficient (Wildman–Crippen LogP) is 2.10. The molecule has 0 bridgehead atoms. The van der Waals surface area contributed by atoms with E-state index < -0.39 is 10.0 Å². The smallest absolute Gasteiger partial charge is 0.217 e. The van der Waals surface area contributed by atoms with E-state index in [1.807, 2.05) is 0 Å². The molecule has 0 atom stereocenters. The number of hydrogen-bond donors (Lipinski definition) is 1. The van der Waals surface area contributed by atoms with Gasteiger partial charge in [-0.25, -0.2) is 12.7 Å². The number of nitrogens with two attached hydrogens (primary N) is 1. The number of nitrogen functional groups attached to an aromatic ring is 1. The molecule has 1 aromatic rings. The summed E-state index contributed by atoms with van der Waals surface area (Å²) >= 11 is 0. The Kier molecular flexibility index (Phi) is 6.81. The van der Waals surface area contributed by atoms with E-state index in [2.05, 4.69) is 6.92 Å². The molecule has 0 spiro atoms. The van der Waals surface area contributed by atoms with Crippen LogP contribution >= 0.6 is 0 Å². The summed E-state index contributed by atoms with van der Waals surface area (Å²) in [6.07, 6.45) is 3.01. The van der Waals surface area contributed by atoms with Crippen molar-refractivity contribution in [2.45, 2.75) is 26.2 Å². The van der Waals surface area contributed by atoms with Crippen LogP contribution in [-0.2, 0) is 10.0 Å². The van der Waals surface area contributed by atoms with E-state index in [4.69, 9.17) is 10.5 Å². The van der Waals surface area contributed by atoms with Gasteiger partial charge in [0.2, 0.25) is 10.0 Å². The SMILES string of the molecule is CCCCCN(C)S(=O)(=O)CCOc1cccc(N)c1. The molecule has 0 aliphatic heterocycles. The molecular formula is C14H24N2O3S. The van der Waals surface area contributed by atoms with Crippen LogP contribution in [-0.4, -0.2) is 38.7 Å². The zero-order chi connectivity index (χ0) is 15.0. The minimum atomic E-state index is -3.24. The van der Waals surface area contributed by atoms with Gasteiger partial charge >= 0.3 is 0 Å². The zero-order valence-corrected chi connectivity index (χ0v) is 13.0. The number of nitrogens with zero attached hydrogens (tertiary/aromatic N) is 1. The van der Waals surface area contributed by atoms with E-state index in [0.29, 0.717) is 18.0 Å². The lowest BCUT2D eigenvalue weighted by Gasteiger charge is -2.17. The molecule has 1 aromatic carbocycles. The highest BCUT2D eigenvalue weighted by molar-refractivity contribution is 7.89. The van der Waals surface area contributed by atoms with Crippen LogP contribution in [0.5, 0.6) is 5.75 Å². The number of benzene rings is 1. The third kappa shape index (κ3) is 5.79. The Hall–Kier alpha value is -1.27. The molecule has 114 valence electrons. The van der Waals surface area contributed by atoms with Gasteiger partial charge in [-0.05, 0) is 18.6 Å². The number of hydrogen-bond acceptors (Lipinski definition) is 4. The standard InChI is InChI=1S/C14H24N2O3S/c1-3-4-5-9-16(2)20(17,18)11-10-19-14-8-6-7-13(15)12-14/h6-8,12H,3-5,9-11,15H2,1-2H3. The molecule has 2 N–H and O–H groups in total. The van der Waals surface area contributed by atoms with E-state index in [1.165, 1.54) is 4.31 Å². The Balaban J connectivity index is 2.39. The average molecular weight is 300 g/mol. The Morgan fingerprint density at radius 2 is 2.05 bits per heavy atom. The highest BCUT2D eigenvalue weighted by Gasteiger charge is 2.17. The van der Waals surface area contributed by atoms with Crippen LogP contribution < -0.4 is 10.5 Å². The molecule has 0 unspecified atom stereocenters. The molecule has 0 radical (unpaired) electrons. The van der Waals surface area contributed by atoms with E-state index in [9.17, 15) is 8.42 Å². The van der Waals surface area contributed by atoms with E-state index in [0.717, 1.165) is 19.3 Å². The summed E-state index contributed by atoms with van der Waals surface area (Å²) in [4.78, 5) is 0. The van der Waals surface area contributed by atoms with Gasteiger partial charge in [0.1, 0.15) is 12.4 Å². The summed E-state index contributed by atoms with van der Waals surface area (Å²) in [7, 11) is -1.63. The lowest BCUT2D eigenvalue weighted by molar-refractivity contribution is 0.336. The van der Waals surface area contributed by atoms with E-state index in [1.54, 1.807) is 31.3 Å². The molecule has 0 saturated heterocycles.